The van der Waals surface area contributed by atoms with Gasteiger partial charge in [-0.15, -0.1) is 0 Å². The van der Waals surface area contributed by atoms with Gasteiger partial charge in [0, 0.05) is 6.42 Å². The molecule has 0 N–H and O–H groups in total. The predicted octanol–water partition coefficient (Wildman–Crippen LogP) is 3.29. The summed E-state index contributed by atoms with van der Waals surface area (Å²) in [4.78, 5) is 36.3. The van der Waals surface area contributed by atoms with Crippen LogP contribution in [0.5, 0.6) is 17.2 Å². The molecule has 0 unspecified atom stereocenters. The maximum absolute atomic E-state index is 12.6. The highest BCUT2D eigenvalue weighted by Gasteiger charge is 2.21. The van der Waals surface area contributed by atoms with Crippen LogP contribution in [0.2, 0.25) is 5.02 Å². The molecular formula is C20H17ClO8. The summed E-state index contributed by atoms with van der Waals surface area (Å²) in [7, 11) is 2.39. The average molecular weight is 421 g/mol. The summed E-state index contributed by atoms with van der Waals surface area (Å²) in [6, 6.07) is 6.68. The summed E-state index contributed by atoms with van der Waals surface area (Å²) in [6.07, 6.45) is 0.682. The van der Waals surface area contributed by atoms with Crippen LogP contribution < -0.4 is 14.2 Å². The third kappa shape index (κ3) is 4.60. The normalized spacial score (nSPS) is 12.5. The van der Waals surface area contributed by atoms with E-state index in [1.54, 1.807) is 0 Å². The van der Waals surface area contributed by atoms with E-state index in [1.165, 1.54) is 44.6 Å². The van der Waals surface area contributed by atoms with Gasteiger partial charge >= 0.3 is 17.9 Å². The number of carbonyl (C=O) groups excluding carboxylic acids is 3. The standard InChI is InChI=1S/C20H17ClO8/c1-25-18(22)11-6-12(19(23)26-2)8-14(7-11)29-20(24)13-9-15(21)17-16(10-13)27-4-3-5-28-17/h6-10H,3-5H2,1-2H3. The lowest BCUT2D eigenvalue weighted by molar-refractivity contribution is 0.0593. The SMILES string of the molecule is COC(=O)c1cc(OC(=O)c2cc(Cl)c3c(c2)OCCCO3)cc(C(=O)OC)c1. The molecule has 1 aliphatic rings. The monoisotopic (exact) mass is 420 g/mol. The van der Waals surface area contributed by atoms with E-state index in [4.69, 9.17) is 25.8 Å². The molecule has 29 heavy (non-hydrogen) atoms. The van der Waals surface area contributed by atoms with Crippen molar-refractivity contribution in [3.8, 4) is 17.2 Å². The Hall–Kier alpha value is -3.26. The van der Waals surface area contributed by atoms with Gasteiger partial charge in [-0.1, -0.05) is 11.6 Å². The van der Waals surface area contributed by atoms with Gasteiger partial charge in [0.2, 0.25) is 0 Å². The molecule has 0 radical (unpaired) electrons. The Kier molecular flexibility index (Phi) is 6.23. The van der Waals surface area contributed by atoms with E-state index in [2.05, 4.69) is 9.47 Å². The fourth-order valence-corrected chi connectivity index (χ4v) is 2.91. The van der Waals surface area contributed by atoms with E-state index in [0.717, 1.165) is 0 Å². The van der Waals surface area contributed by atoms with Gasteiger partial charge in [0.15, 0.2) is 11.5 Å². The lowest BCUT2D eigenvalue weighted by Gasteiger charge is -2.12. The van der Waals surface area contributed by atoms with Gasteiger partial charge in [0.25, 0.3) is 0 Å². The molecule has 152 valence electrons. The second-order valence-electron chi connectivity index (χ2n) is 5.95. The largest absolute Gasteiger partial charge is 0.489 e. The number of fused-ring (bicyclic) bond motifs is 1. The van der Waals surface area contributed by atoms with E-state index in [1.807, 2.05) is 0 Å². The van der Waals surface area contributed by atoms with Crippen molar-refractivity contribution in [3.63, 3.8) is 0 Å². The maximum Gasteiger partial charge on any atom is 0.343 e. The number of ether oxygens (including phenoxy) is 5. The van der Waals surface area contributed by atoms with Crippen molar-refractivity contribution in [2.75, 3.05) is 27.4 Å². The van der Waals surface area contributed by atoms with Crippen LogP contribution in [0.25, 0.3) is 0 Å². The fraction of sp³-hybridized carbons (Fsp3) is 0.250. The topological polar surface area (TPSA) is 97.4 Å². The van der Waals surface area contributed by atoms with Crippen molar-refractivity contribution < 1.29 is 38.1 Å². The summed E-state index contributed by atoms with van der Waals surface area (Å²) in [5.41, 5.74) is 0.159. The minimum atomic E-state index is -0.764. The van der Waals surface area contributed by atoms with E-state index >= 15 is 0 Å². The molecule has 0 spiro atoms. The summed E-state index contributed by atoms with van der Waals surface area (Å²) in [5, 5.41) is 0.204. The number of rotatable bonds is 4. The van der Waals surface area contributed by atoms with Crippen LogP contribution in [0, 0.1) is 0 Å². The number of hydrogen-bond donors (Lipinski definition) is 0. The Morgan fingerprint density at radius 3 is 2.03 bits per heavy atom. The number of halogens is 1. The van der Waals surface area contributed by atoms with Gasteiger partial charge in [-0.3, -0.25) is 0 Å². The van der Waals surface area contributed by atoms with Crippen LogP contribution in [0.1, 0.15) is 37.5 Å². The van der Waals surface area contributed by atoms with E-state index in [-0.39, 0.29) is 27.5 Å². The molecule has 0 aromatic heterocycles. The third-order valence-corrected chi connectivity index (χ3v) is 4.28. The molecule has 1 heterocycles. The molecule has 3 rings (SSSR count). The van der Waals surface area contributed by atoms with Crippen LogP contribution in [-0.2, 0) is 9.47 Å². The zero-order valence-electron chi connectivity index (χ0n) is 15.7. The highest BCUT2D eigenvalue weighted by atomic mass is 35.5. The first-order valence-electron chi connectivity index (χ1n) is 8.56. The molecule has 9 heteroatoms. The molecule has 2 aromatic rings. The summed E-state index contributed by atoms with van der Waals surface area (Å²) in [6.45, 7) is 0.874. The average Bonchev–Trinajstić information content (AvgIpc) is 2.98. The highest BCUT2D eigenvalue weighted by molar-refractivity contribution is 6.32. The predicted molar refractivity (Wildman–Crippen MR) is 101 cm³/mol. The summed E-state index contributed by atoms with van der Waals surface area (Å²) in [5.74, 6) is -1.51. The molecule has 0 aliphatic carbocycles. The van der Waals surface area contributed by atoms with Crippen molar-refractivity contribution in [2.45, 2.75) is 6.42 Å². The Balaban J connectivity index is 1.92. The Morgan fingerprint density at radius 2 is 1.41 bits per heavy atom. The Labute approximate surface area is 171 Å². The number of methoxy groups -OCH3 is 2. The molecule has 8 nitrogen and oxygen atoms in total. The molecule has 1 aliphatic heterocycles. The van der Waals surface area contributed by atoms with Crippen molar-refractivity contribution >= 4 is 29.5 Å². The van der Waals surface area contributed by atoms with E-state index in [0.29, 0.717) is 31.1 Å². The second-order valence-corrected chi connectivity index (χ2v) is 6.36. The number of esters is 3. The number of benzene rings is 2. The van der Waals surface area contributed by atoms with Crippen molar-refractivity contribution in [1.29, 1.82) is 0 Å². The molecule has 0 saturated heterocycles. The fourth-order valence-electron chi connectivity index (χ4n) is 2.64. The minimum Gasteiger partial charge on any atom is -0.489 e. The summed E-state index contributed by atoms with van der Waals surface area (Å²) >= 11 is 6.20. The molecular weight excluding hydrogens is 404 g/mol. The number of hydrogen-bond acceptors (Lipinski definition) is 8. The third-order valence-electron chi connectivity index (χ3n) is 4.00. The first-order valence-corrected chi connectivity index (χ1v) is 8.93. The molecule has 0 fully saturated rings. The van der Waals surface area contributed by atoms with E-state index in [9.17, 15) is 14.4 Å². The van der Waals surface area contributed by atoms with Gasteiger partial charge in [-0.05, 0) is 30.3 Å². The van der Waals surface area contributed by atoms with Gasteiger partial charge in [-0.2, -0.15) is 0 Å². The molecule has 0 bridgehead atoms. The van der Waals surface area contributed by atoms with Crippen molar-refractivity contribution in [3.05, 3.63) is 52.0 Å². The quantitative estimate of drug-likeness (QED) is 0.549. The lowest BCUT2D eigenvalue weighted by Crippen LogP contribution is -2.12. The Morgan fingerprint density at radius 1 is 0.828 bits per heavy atom. The van der Waals surface area contributed by atoms with Crippen LogP contribution in [0.15, 0.2) is 30.3 Å². The second kappa shape index (κ2) is 8.83. The zero-order chi connectivity index (χ0) is 21.0. The first-order chi connectivity index (χ1) is 13.9. The minimum absolute atomic E-state index is 0.0231. The zero-order valence-corrected chi connectivity index (χ0v) is 16.4. The molecule has 0 amide bonds. The molecule has 2 aromatic carbocycles. The molecule has 0 atom stereocenters. The van der Waals surface area contributed by atoms with Crippen LogP contribution >= 0.6 is 11.6 Å². The summed E-state index contributed by atoms with van der Waals surface area (Å²) < 4.78 is 25.7. The van der Waals surface area contributed by atoms with Gasteiger partial charge in [0.1, 0.15) is 5.75 Å². The van der Waals surface area contributed by atoms with E-state index < -0.39 is 17.9 Å². The maximum atomic E-state index is 12.6. The van der Waals surface area contributed by atoms with Crippen molar-refractivity contribution in [2.24, 2.45) is 0 Å². The van der Waals surface area contributed by atoms with Crippen LogP contribution in [0.3, 0.4) is 0 Å². The smallest absolute Gasteiger partial charge is 0.343 e. The van der Waals surface area contributed by atoms with Crippen LogP contribution in [-0.4, -0.2) is 45.3 Å². The van der Waals surface area contributed by atoms with Gasteiger partial charge < -0.3 is 23.7 Å². The highest BCUT2D eigenvalue weighted by Crippen LogP contribution is 2.38. The number of carbonyl (C=O) groups is 3. The van der Waals surface area contributed by atoms with Gasteiger partial charge in [-0.25, -0.2) is 14.4 Å². The molecule has 0 saturated carbocycles. The van der Waals surface area contributed by atoms with Crippen molar-refractivity contribution in [1.82, 2.24) is 0 Å². The lowest BCUT2D eigenvalue weighted by atomic mass is 10.1. The van der Waals surface area contributed by atoms with Crippen LogP contribution in [0.4, 0.5) is 0 Å². The Bertz CT molecular complexity index is 935. The van der Waals surface area contributed by atoms with Gasteiger partial charge in [0.05, 0.1) is 49.1 Å². The first kappa shape index (κ1) is 20.5.